The number of carbonyl (C=O) groups excluding carboxylic acids is 1. The third-order valence-corrected chi connectivity index (χ3v) is 3.51. The number of fused-ring (bicyclic) bond motifs is 1. The number of hydrogen-bond acceptors (Lipinski definition) is 2. The van der Waals surface area contributed by atoms with Gasteiger partial charge in [0.25, 0.3) is 5.82 Å². The van der Waals surface area contributed by atoms with Crippen LogP contribution in [-0.4, -0.2) is 16.3 Å². The number of imidazole rings is 1. The summed E-state index contributed by atoms with van der Waals surface area (Å²) < 4.78 is 9.78. The van der Waals surface area contributed by atoms with E-state index in [0.29, 0.717) is 6.54 Å². The highest BCUT2D eigenvalue weighted by molar-refractivity contribution is 5.72. The monoisotopic (exact) mass is 431 g/mol. The van der Waals surface area contributed by atoms with Gasteiger partial charge in [0.1, 0.15) is 12.1 Å². The second-order valence-electron chi connectivity index (χ2n) is 6.25. The smallest absolute Gasteiger partial charge is 0.408 e. The van der Waals surface area contributed by atoms with Crippen molar-refractivity contribution < 1.29 is 38.1 Å². The molecule has 0 fully saturated rings. The second-order valence-corrected chi connectivity index (χ2v) is 6.25. The van der Waals surface area contributed by atoms with Gasteiger partial charge < -0.3 is 34.0 Å². The van der Waals surface area contributed by atoms with Crippen LogP contribution in [0.3, 0.4) is 0 Å². The van der Waals surface area contributed by atoms with Crippen molar-refractivity contribution in [2.75, 3.05) is 0 Å². The normalized spacial score (nSPS) is 11.2. The number of halogens is 1. The summed E-state index contributed by atoms with van der Waals surface area (Å²) in [7, 11) is 0. The molecule has 2 rings (SSSR count). The lowest BCUT2D eigenvalue weighted by molar-refractivity contribution is -0.676. The number of benzene rings is 1. The Labute approximate surface area is 155 Å². The molecule has 0 bridgehead atoms. The molecule has 1 N–H and O–H groups in total. The molecule has 0 spiro atoms. The number of carbonyl (C=O) groups is 1. The Morgan fingerprint density at radius 1 is 1.26 bits per heavy atom. The zero-order valence-corrected chi connectivity index (χ0v) is 16.7. The maximum absolute atomic E-state index is 11.9. The van der Waals surface area contributed by atoms with Crippen LogP contribution in [0.5, 0.6) is 0 Å². The summed E-state index contributed by atoms with van der Waals surface area (Å²) in [6.07, 6.45) is -0.386. The Morgan fingerprint density at radius 2 is 1.91 bits per heavy atom. The minimum absolute atomic E-state index is 0. The molecule has 0 saturated heterocycles. The molecule has 5 nitrogen and oxygen atoms in total. The molecular formula is C17H26IN3O2. The first-order chi connectivity index (χ1) is 10.4. The zero-order valence-electron chi connectivity index (χ0n) is 14.5. The number of aromatic nitrogens is 2. The molecule has 0 atom stereocenters. The third-order valence-electron chi connectivity index (χ3n) is 3.51. The molecule has 128 valence electrons. The van der Waals surface area contributed by atoms with Crippen molar-refractivity contribution in [3.05, 3.63) is 30.1 Å². The van der Waals surface area contributed by atoms with E-state index in [1.165, 1.54) is 11.0 Å². The fraction of sp³-hybridized carbons (Fsp3) is 0.529. The van der Waals surface area contributed by atoms with Crippen LogP contribution in [-0.2, 0) is 24.4 Å². The van der Waals surface area contributed by atoms with Crippen LogP contribution >= 0.6 is 0 Å². The fourth-order valence-electron chi connectivity index (χ4n) is 2.71. The van der Waals surface area contributed by atoms with Gasteiger partial charge in [0.15, 0.2) is 11.0 Å². The lowest BCUT2D eigenvalue weighted by Crippen LogP contribution is -3.00. The van der Waals surface area contributed by atoms with Crippen LogP contribution in [0.2, 0.25) is 0 Å². The standard InChI is InChI=1S/C17H25N3O2.HI/c1-6-19-13-10-8-9-11-14(13)20(7-2)15(19)12-18-16(21)22-17(3,4)5;/h8-11H,6-7,12H2,1-5H3;1H. The predicted molar refractivity (Wildman–Crippen MR) is 86.6 cm³/mol. The number of para-hydroxylation sites is 2. The van der Waals surface area contributed by atoms with Gasteiger partial charge in [0.2, 0.25) is 0 Å². The Morgan fingerprint density at radius 3 is 2.48 bits per heavy atom. The van der Waals surface area contributed by atoms with E-state index in [4.69, 9.17) is 4.74 Å². The summed E-state index contributed by atoms with van der Waals surface area (Å²) in [5, 5.41) is 2.86. The molecular weight excluding hydrogens is 405 g/mol. The average Bonchev–Trinajstić information content (AvgIpc) is 2.75. The highest BCUT2D eigenvalue weighted by Crippen LogP contribution is 2.15. The molecule has 0 aliphatic carbocycles. The number of alkyl carbamates (subject to hydrolysis) is 1. The van der Waals surface area contributed by atoms with E-state index in [-0.39, 0.29) is 30.1 Å². The van der Waals surface area contributed by atoms with Crippen molar-refractivity contribution in [1.29, 1.82) is 0 Å². The van der Waals surface area contributed by atoms with E-state index >= 15 is 0 Å². The lowest BCUT2D eigenvalue weighted by Gasteiger charge is -2.19. The number of nitrogens with one attached hydrogen (secondary N) is 1. The number of aryl methyl sites for hydroxylation is 2. The van der Waals surface area contributed by atoms with Crippen LogP contribution < -0.4 is 33.9 Å². The van der Waals surface area contributed by atoms with Crippen LogP contribution in [0.4, 0.5) is 4.79 Å². The Hall–Kier alpha value is -1.31. The van der Waals surface area contributed by atoms with E-state index in [9.17, 15) is 4.79 Å². The summed E-state index contributed by atoms with van der Waals surface area (Å²) in [6, 6.07) is 8.31. The van der Waals surface area contributed by atoms with Gasteiger partial charge in [-0.3, -0.25) is 0 Å². The average molecular weight is 431 g/mol. The van der Waals surface area contributed by atoms with E-state index < -0.39 is 5.60 Å². The molecule has 0 aliphatic rings. The second kappa shape index (κ2) is 7.99. The van der Waals surface area contributed by atoms with Gasteiger partial charge in [-0.1, -0.05) is 12.1 Å². The Bertz CT molecular complexity index is 633. The van der Waals surface area contributed by atoms with Crippen molar-refractivity contribution >= 4 is 17.1 Å². The van der Waals surface area contributed by atoms with Crippen molar-refractivity contribution in [3.63, 3.8) is 0 Å². The summed E-state index contributed by atoms with van der Waals surface area (Å²) >= 11 is 0. The molecule has 1 aromatic carbocycles. The maximum atomic E-state index is 11.9. The first-order valence-corrected chi connectivity index (χ1v) is 7.84. The quantitative estimate of drug-likeness (QED) is 0.548. The molecule has 23 heavy (non-hydrogen) atoms. The van der Waals surface area contributed by atoms with Crippen molar-refractivity contribution in [2.24, 2.45) is 0 Å². The summed E-state index contributed by atoms with van der Waals surface area (Å²) in [5.41, 5.74) is 1.89. The van der Waals surface area contributed by atoms with Gasteiger partial charge >= 0.3 is 6.09 Å². The molecule has 0 saturated carbocycles. The SMILES string of the molecule is CCn1c(CNC(=O)OC(C)(C)C)[n+](CC)c2ccccc21.[I-]. The Balaban J connectivity index is 0.00000264. The highest BCUT2D eigenvalue weighted by Gasteiger charge is 2.24. The van der Waals surface area contributed by atoms with Gasteiger partial charge in [0, 0.05) is 0 Å². The topological polar surface area (TPSA) is 47.1 Å². The molecule has 2 aromatic rings. The largest absolute Gasteiger partial charge is 1.00 e. The maximum Gasteiger partial charge on any atom is 0.408 e. The van der Waals surface area contributed by atoms with Crippen molar-refractivity contribution in [1.82, 2.24) is 9.88 Å². The molecule has 1 amide bonds. The molecule has 0 aliphatic heterocycles. The minimum Gasteiger partial charge on any atom is -1.00 e. The van der Waals surface area contributed by atoms with Gasteiger partial charge in [-0.15, -0.1) is 0 Å². The van der Waals surface area contributed by atoms with Crippen LogP contribution in [0.25, 0.3) is 11.0 Å². The molecule has 0 unspecified atom stereocenters. The van der Waals surface area contributed by atoms with E-state index in [2.05, 4.69) is 40.4 Å². The summed E-state index contributed by atoms with van der Waals surface area (Å²) in [5.74, 6) is 1.08. The number of hydrogen-bond donors (Lipinski definition) is 1. The summed E-state index contributed by atoms with van der Waals surface area (Å²) in [4.78, 5) is 11.9. The predicted octanol–water partition coefficient (Wildman–Crippen LogP) is -0.00270. The van der Waals surface area contributed by atoms with Crippen molar-refractivity contribution in [3.8, 4) is 0 Å². The van der Waals surface area contributed by atoms with Crippen LogP contribution in [0.1, 0.15) is 40.4 Å². The molecule has 1 heterocycles. The van der Waals surface area contributed by atoms with Crippen LogP contribution in [0.15, 0.2) is 24.3 Å². The zero-order chi connectivity index (χ0) is 16.3. The van der Waals surface area contributed by atoms with Gasteiger partial charge in [0.05, 0.1) is 13.1 Å². The highest BCUT2D eigenvalue weighted by atomic mass is 127. The number of rotatable bonds is 4. The summed E-state index contributed by atoms with van der Waals surface area (Å²) in [6.45, 7) is 12.0. The molecule has 1 aromatic heterocycles. The molecule has 0 radical (unpaired) electrons. The fourth-order valence-corrected chi connectivity index (χ4v) is 2.71. The Kier molecular flexibility index (Phi) is 6.85. The van der Waals surface area contributed by atoms with Crippen LogP contribution in [0, 0.1) is 0 Å². The van der Waals surface area contributed by atoms with E-state index in [1.54, 1.807) is 0 Å². The van der Waals surface area contributed by atoms with E-state index in [1.807, 2.05) is 32.9 Å². The van der Waals surface area contributed by atoms with E-state index in [0.717, 1.165) is 18.9 Å². The number of ether oxygens (including phenoxy) is 1. The lowest BCUT2D eigenvalue weighted by atomic mass is 10.2. The van der Waals surface area contributed by atoms with Gasteiger partial charge in [-0.25, -0.2) is 13.9 Å². The third kappa shape index (κ3) is 4.59. The van der Waals surface area contributed by atoms with Gasteiger partial charge in [-0.2, -0.15) is 0 Å². The molecule has 6 heteroatoms. The number of amides is 1. The first-order valence-electron chi connectivity index (χ1n) is 7.84. The number of nitrogens with zero attached hydrogens (tertiary/aromatic N) is 2. The minimum atomic E-state index is -0.484. The van der Waals surface area contributed by atoms with Gasteiger partial charge in [-0.05, 0) is 46.8 Å². The van der Waals surface area contributed by atoms with Crippen molar-refractivity contribution in [2.45, 2.75) is 59.9 Å². The first kappa shape index (κ1) is 19.7.